The van der Waals surface area contributed by atoms with E-state index in [9.17, 15) is 0 Å². The molecule has 0 saturated heterocycles. The number of aryl methyl sites for hydroxylation is 6. The molecule has 0 fully saturated rings. The Balaban J connectivity index is 1.13. The maximum absolute atomic E-state index is 4.52. The summed E-state index contributed by atoms with van der Waals surface area (Å²) in [6.45, 7) is 13.7. The first-order chi connectivity index (χ1) is 31.2. The second-order valence-electron chi connectivity index (χ2n) is 18.0. The number of nitrogens with zero attached hydrogens (tertiary/aromatic N) is 3. The van der Waals surface area contributed by atoms with Crippen LogP contribution in [0, 0.1) is 41.5 Å². The second kappa shape index (κ2) is 15.8. The molecule has 0 bridgehead atoms. The maximum atomic E-state index is 4.52. The third-order valence-electron chi connectivity index (χ3n) is 13.6. The molecular formula is C59H49B2N3. The minimum absolute atomic E-state index is 0.0322. The first-order valence-electron chi connectivity index (χ1n) is 22.5. The first kappa shape index (κ1) is 39.5. The molecule has 0 amide bonds. The second-order valence-corrected chi connectivity index (χ2v) is 18.0. The van der Waals surface area contributed by atoms with Crippen molar-refractivity contribution in [3.05, 3.63) is 222 Å². The Morgan fingerprint density at radius 2 is 0.844 bits per heavy atom. The highest BCUT2D eigenvalue weighted by Crippen LogP contribution is 2.41. The Labute approximate surface area is 378 Å². The summed E-state index contributed by atoms with van der Waals surface area (Å²) in [5.74, 6) is 0. The van der Waals surface area contributed by atoms with Gasteiger partial charge >= 0.3 is 0 Å². The smallest absolute Gasteiger partial charge is 0.247 e. The summed E-state index contributed by atoms with van der Waals surface area (Å²) in [5, 5.41) is 0. The largest absolute Gasteiger partial charge is 0.313 e. The van der Waals surface area contributed by atoms with Crippen LogP contribution in [0.15, 0.2) is 188 Å². The van der Waals surface area contributed by atoms with Crippen molar-refractivity contribution in [2.45, 2.75) is 41.5 Å². The average molecular weight is 822 g/mol. The summed E-state index contributed by atoms with van der Waals surface area (Å²) < 4.78 is 0. The Kier molecular flexibility index (Phi) is 9.73. The Morgan fingerprint density at radius 1 is 0.391 bits per heavy atom. The summed E-state index contributed by atoms with van der Waals surface area (Å²) in [5.41, 5.74) is 27.9. The number of aromatic nitrogens is 1. The molecule has 0 N–H and O–H groups in total. The van der Waals surface area contributed by atoms with Crippen LogP contribution in [0.1, 0.15) is 33.4 Å². The Bertz CT molecular complexity index is 3150. The molecule has 64 heavy (non-hydrogen) atoms. The Hall–Kier alpha value is -7.36. The van der Waals surface area contributed by atoms with Crippen molar-refractivity contribution >= 4 is 80.3 Å². The minimum atomic E-state index is 0.0322. The number of hydrogen-bond donors (Lipinski definition) is 0. The van der Waals surface area contributed by atoms with Gasteiger partial charge < -0.3 is 9.80 Å². The lowest BCUT2D eigenvalue weighted by Crippen LogP contribution is -2.66. The van der Waals surface area contributed by atoms with Gasteiger partial charge in [-0.25, -0.2) is 0 Å². The summed E-state index contributed by atoms with van der Waals surface area (Å²) in [4.78, 5) is 9.44. The van der Waals surface area contributed by atoms with Gasteiger partial charge in [-0.1, -0.05) is 166 Å². The van der Waals surface area contributed by atoms with Gasteiger partial charge in [0.05, 0.1) is 0 Å². The fourth-order valence-electron chi connectivity index (χ4n) is 11.2. The van der Waals surface area contributed by atoms with E-state index in [-0.39, 0.29) is 13.4 Å². The van der Waals surface area contributed by atoms with E-state index < -0.39 is 0 Å². The van der Waals surface area contributed by atoms with Crippen LogP contribution in [0.2, 0.25) is 0 Å². The lowest BCUT2D eigenvalue weighted by molar-refractivity contribution is 1.28. The van der Waals surface area contributed by atoms with Crippen LogP contribution in [0.5, 0.6) is 0 Å². The average Bonchev–Trinajstić information content (AvgIpc) is 3.31. The molecule has 3 nitrogen and oxygen atoms in total. The normalized spacial score (nSPS) is 12.4. The van der Waals surface area contributed by atoms with Gasteiger partial charge in [0.15, 0.2) is 0 Å². The molecule has 8 aromatic carbocycles. The van der Waals surface area contributed by atoms with E-state index in [1.54, 1.807) is 0 Å². The zero-order valence-electron chi connectivity index (χ0n) is 37.4. The first-order valence-corrected chi connectivity index (χ1v) is 22.5. The third kappa shape index (κ3) is 6.57. The number of benzene rings is 8. The van der Waals surface area contributed by atoms with E-state index in [1.807, 2.05) is 18.5 Å². The molecule has 306 valence electrons. The monoisotopic (exact) mass is 821 g/mol. The van der Waals surface area contributed by atoms with Gasteiger partial charge in [0.1, 0.15) is 0 Å². The zero-order valence-corrected chi connectivity index (χ0v) is 37.4. The number of anilines is 6. The number of fused-ring (bicyclic) bond motifs is 4. The molecular weight excluding hydrogens is 772 g/mol. The van der Waals surface area contributed by atoms with Crippen LogP contribution in [-0.2, 0) is 0 Å². The minimum Gasteiger partial charge on any atom is -0.313 e. The fraction of sp³-hybridized carbons (Fsp3) is 0.102. The van der Waals surface area contributed by atoms with Crippen LogP contribution in [0.4, 0.5) is 34.1 Å². The number of pyridine rings is 1. The molecule has 3 heterocycles. The summed E-state index contributed by atoms with van der Waals surface area (Å²) in [7, 11) is 0. The molecule has 2 aliphatic heterocycles. The molecule has 0 aliphatic carbocycles. The molecule has 9 aromatic rings. The van der Waals surface area contributed by atoms with E-state index in [0.717, 1.165) is 22.6 Å². The lowest BCUT2D eigenvalue weighted by Gasteiger charge is -2.44. The highest BCUT2D eigenvalue weighted by atomic mass is 15.2. The molecule has 5 heteroatoms. The summed E-state index contributed by atoms with van der Waals surface area (Å²) in [6.07, 6.45) is 3.84. The van der Waals surface area contributed by atoms with Crippen molar-refractivity contribution < 1.29 is 0 Å². The summed E-state index contributed by atoms with van der Waals surface area (Å²) >= 11 is 0. The van der Waals surface area contributed by atoms with Gasteiger partial charge in [0.2, 0.25) is 13.4 Å². The van der Waals surface area contributed by atoms with Crippen molar-refractivity contribution in [2.75, 3.05) is 9.80 Å². The van der Waals surface area contributed by atoms with Crippen molar-refractivity contribution in [3.63, 3.8) is 0 Å². The standard InChI is InChI=1S/C59H49B2N3/c1-38-31-40(3)57(41(4)32-38)60-51-20-13-21-52-59(51)64(56-29-25-46(47-15-14-30-62-37-47)36-54(56)61(52)58-42(5)33-39(2)34-43(58)6)55-28-24-45(35-53(55)60)44-22-26-50(27-23-44)63(48-16-9-7-10-17-48)49-18-11-8-12-19-49/h7-37H,1-6H3. The SMILES string of the molecule is Cc1cc(C)c(B2c3cc(-c4ccc(N(c5ccccc5)c5ccccc5)cc4)ccc3N3c4ccc(-c5cccnc5)cc4B(c4c(C)cc(C)cc4C)c4cccc2c43)c(C)c1. The molecule has 0 unspecified atom stereocenters. The third-order valence-corrected chi connectivity index (χ3v) is 13.6. The fourth-order valence-corrected chi connectivity index (χ4v) is 11.2. The van der Waals surface area contributed by atoms with E-state index >= 15 is 0 Å². The van der Waals surface area contributed by atoms with E-state index in [0.29, 0.717) is 0 Å². The summed E-state index contributed by atoms with van der Waals surface area (Å²) in [6, 6.07) is 65.5. The molecule has 0 saturated carbocycles. The zero-order chi connectivity index (χ0) is 43.6. The van der Waals surface area contributed by atoms with Crippen molar-refractivity contribution in [3.8, 4) is 22.3 Å². The van der Waals surface area contributed by atoms with Crippen molar-refractivity contribution in [1.29, 1.82) is 0 Å². The van der Waals surface area contributed by atoms with E-state index in [2.05, 4.69) is 226 Å². The predicted octanol–water partition coefficient (Wildman–Crippen LogP) is 10.9. The molecule has 0 spiro atoms. The molecule has 11 rings (SSSR count). The quantitative estimate of drug-likeness (QED) is 0.149. The van der Waals surface area contributed by atoms with Gasteiger partial charge in [-0.3, -0.25) is 4.98 Å². The van der Waals surface area contributed by atoms with Crippen LogP contribution in [0.25, 0.3) is 22.3 Å². The number of rotatable bonds is 7. The van der Waals surface area contributed by atoms with Crippen molar-refractivity contribution in [1.82, 2.24) is 4.98 Å². The van der Waals surface area contributed by atoms with Gasteiger partial charge in [-0.05, 0) is 140 Å². The molecule has 0 atom stereocenters. The van der Waals surface area contributed by atoms with E-state index in [1.165, 1.54) is 99.9 Å². The number of para-hydroxylation sites is 3. The Morgan fingerprint density at radius 3 is 1.31 bits per heavy atom. The van der Waals surface area contributed by atoms with Gasteiger partial charge in [-0.15, -0.1) is 0 Å². The number of hydrogen-bond acceptors (Lipinski definition) is 3. The van der Waals surface area contributed by atoms with Crippen molar-refractivity contribution in [2.24, 2.45) is 0 Å². The van der Waals surface area contributed by atoms with Gasteiger partial charge in [-0.2, -0.15) is 0 Å². The highest BCUT2D eigenvalue weighted by molar-refractivity contribution is 7.02. The van der Waals surface area contributed by atoms with E-state index in [4.69, 9.17) is 0 Å². The molecule has 1 aromatic heterocycles. The van der Waals surface area contributed by atoms with Gasteiger partial charge in [0.25, 0.3) is 0 Å². The van der Waals surface area contributed by atoms with Gasteiger partial charge in [0, 0.05) is 46.5 Å². The highest BCUT2D eigenvalue weighted by Gasteiger charge is 2.44. The topological polar surface area (TPSA) is 19.4 Å². The van der Waals surface area contributed by atoms with Crippen LogP contribution in [0.3, 0.4) is 0 Å². The molecule has 0 radical (unpaired) electrons. The maximum Gasteiger partial charge on any atom is 0.247 e. The predicted molar refractivity (Wildman–Crippen MR) is 275 cm³/mol. The van der Waals surface area contributed by atoms with Crippen LogP contribution in [-0.4, -0.2) is 18.4 Å². The molecule has 2 aliphatic rings. The van der Waals surface area contributed by atoms with Crippen LogP contribution >= 0.6 is 0 Å². The lowest BCUT2D eigenvalue weighted by atomic mass is 9.29. The van der Waals surface area contributed by atoms with Crippen LogP contribution < -0.4 is 42.6 Å².